The number of halogens is 1. The van der Waals surface area contributed by atoms with Crippen LogP contribution in [0.25, 0.3) is 0 Å². The average Bonchev–Trinajstić information content (AvgIpc) is 3.03. The van der Waals surface area contributed by atoms with Crippen molar-refractivity contribution in [3.63, 3.8) is 0 Å². The van der Waals surface area contributed by atoms with Crippen LogP contribution in [-0.2, 0) is 31.2 Å². The first kappa shape index (κ1) is 23.9. The standard InChI is InChI=1S/C21H24FNO5S2/c1-4-16-13(3)19(21(26)27-5-2)20(30-16)23-17(24)10-28-18(25)12-29-11-14-6-8-15(22)9-7-14/h6-9H,4-5,10-12H2,1-3H3,(H,23,24). The van der Waals surface area contributed by atoms with Gasteiger partial charge >= 0.3 is 11.9 Å². The molecule has 1 N–H and O–H groups in total. The molecule has 162 valence electrons. The molecule has 0 aliphatic carbocycles. The Kier molecular flexibility index (Phi) is 9.32. The quantitative estimate of drug-likeness (QED) is 0.539. The van der Waals surface area contributed by atoms with Crippen molar-refractivity contribution in [3.05, 3.63) is 51.7 Å². The molecule has 2 aromatic rings. The molecule has 0 bridgehead atoms. The van der Waals surface area contributed by atoms with Crippen LogP contribution in [-0.4, -0.2) is 36.8 Å². The van der Waals surface area contributed by atoms with E-state index in [1.165, 1.54) is 35.2 Å². The molecule has 0 atom stereocenters. The Hall–Kier alpha value is -2.39. The molecular formula is C21H24FNO5S2. The van der Waals surface area contributed by atoms with Gasteiger partial charge in [-0.05, 0) is 43.5 Å². The molecule has 9 heteroatoms. The first-order chi connectivity index (χ1) is 14.3. The second-order valence-corrected chi connectivity index (χ2v) is 8.35. The summed E-state index contributed by atoms with van der Waals surface area (Å²) >= 11 is 2.62. The summed E-state index contributed by atoms with van der Waals surface area (Å²) in [5.74, 6) is -1.27. The van der Waals surface area contributed by atoms with Gasteiger partial charge in [0.05, 0.1) is 17.9 Å². The topological polar surface area (TPSA) is 81.7 Å². The van der Waals surface area contributed by atoms with E-state index in [-0.39, 0.29) is 18.2 Å². The van der Waals surface area contributed by atoms with Gasteiger partial charge in [0.1, 0.15) is 10.8 Å². The number of amides is 1. The number of benzene rings is 1. The van der Waals surface area contributed by atoms with Crippen LogP contribution in [0.15, 0.2) is 24.3 Å². The monoisotopic (exact) mass is 453 g/mol. The molecule has 1 aromatic carbocycles. The Labute approximate surface area is 183 Å². The molecule has 1 heterocycles. The van der Waals surface area contributed by atoms with E-state index < -0.39 is 24.5 Å². The van der Waals surface area contributed by atoms with Crippen LogP contribution < -0.4 is 5.32 Å². The van der Waals surface area contributed by atoms with E-state index >= 15 is 0 Å². The first-order valence-electron chi connectivity index (χ1n) is 9.42. The molecule has 30 heavy (non-hydrogen) atoms. The van der Waals surface area contributed by atoms with Crippen molar-refractivity contribution >= 4 is 45.9 Å². The van der Waals surface area contributed by atoms with Crippen LogP contribution in [0.3, 0.4) is 0 Å². The Morgan fingerprint density at radius 1 is 1.13 bits per heavy atom. The fraction of sp³-hybridized carbons (Fsp3) is 0.381. The Morgan fingerprint density at radius 2 is 1.83 bits per heavy atom. The van der Waals surface area contributed by atoms with E-state index in [9.17, 15) is 18.8 Å². The number of nitrogens with one attached hydrogen (secondary N) is 1. The third-order valence-corrected chi connectivity index (χ3v) is 6.39. The Morgan fingerprint density at radius 3 is 2.47 bits per heavy atom. The van der Waals surface area contributed by atoms with Gasteiger partial charge in [-0.1, -0.05) is 19.1 Å². The van der Waals surface area contributed by atoms with E-state index in [2.05, 4.69) is 5.32 Å². The van der Waals surface area contributed by atoms with E-state index in [1.807, 2.05) is 13.8 Å². The van der Waals surface area contributed by atoms with Gasteiger partial charge < -0.3 is 14.8 Å². The van der Waals surface area contributed by atoms with Crippen LogP contribution >= 0.6 is 23.1 Å². The zero-order valence-corrected chi connectivity index (χ0v) is 18.7. The summed E-state index contributed by atoms with van der Waals surface area (Å²) in [6, 6.07) is 6.02. The predicted molar refractivity (Wildman–Crippen MR) is 117 cm³/mol. The number of esters is 2. The van der Waals surface area contributed by atoms with Crippen molar-refractivity contribution < 1.29 is 28.2 Å². The minimum absolute atomic E-state index is 0.0663. The van der Waals surface area contributed by atoms with Crippen molar-refractivity contribution in [3.8, 4) is 0 Å². The van der Waals surface area contributed by atoms with Gasteiger partial charge in [-0.2, -0.15) is 0 Å². The van der Waals surface area contributed by atoms with E-state index in [4.69, 9.17) is 9.47 Å². The van der Waals surface area contributed by atoms with Crippen LogP contribution in [0.1, 0.15) is 40.2 Å². The van der Waals surface area contributed by atoms with Crippen molar-refractivity contribution in [1.29, 1.82) is 0 Å². The molecule has 0 aliphatic heterocycles. The second kappa shape index (κ2) is 11.7. The van der Waals surface area contributed by atoms with E-state index in [0.29, 0.717) is 16.3 Å². The van der Waals surface area contributed by atoms with Gasteiger partial charge in [0.25, 0.3) is 5.91 Å². The summed E-state index contributed by atoms with van der Waals surface area (Å²) < 4.78 is 23.0. The molecule has 0 spiro atoms. The average molecular weight is 454 g/mol. The lowest BCUT2D eigenvalue weighted by atomic mass is 10.1. The van der Waals surface area contributed by atoms with E-state index in [0.717, 1.165) is 22.4 Å². The fourth-order valence-corrected chi connectivity index (χ4v) is 4.55. The summed E-state index contributed by atoms with van der Waals surface area (Å²) in [7, 11) is 0. The predicted octanol–water partition coefficient (Wildman–Crippen LogP) is 4.35. The number of thiophene rings is 1. The fourth-order valence-electron chi connectivity index (χ4n) is 2.62. The highest BCUT2D eigenvalue weighted by Gasteiger charge is 2.23. The number of carbonyl (C=O) groups is 3. The SMILES string of the molecule is CCOC(=O)c1c(NC(=O)COC(=O)CSCc2ccc(F)cc2)sc(CC)c1C. The van der Waals surface area contributed by atoms with Gasteiger partial charge in [0.15, 0.2) is 6.61 Å². The lowest BCUT2D eigenvalue weighted by Gasteiger charge is -2.08. The number of thioether (sulfide) groups is 1. The lowest BCUT2D eigenvalue weighted by Crippen LogP contribution is -2.22. The van der Waals surface area contributed by atoms with Crippen LogP contribution in [0.4, 0.5) is 9.39 Å². The summed E-state index contributed by atoms with van der Waals surface area (Å²) in [4.78, 5) is 37.3. The number of anilines is 1. The van der Waals surface area contributed by atoms with Crippen LogP contribution in [0.2, 0.25) is 0 Å². The van der Waals surface area contributed by atoms with Crippen molar-refractivity contribution in [2.24, 2.45) is 0 Å². The minimum atomic E-state index is -0.528. The molecule has 1 aromatic heterocycles. The second-order valence-electron chi connectivity index (χ2n) is 6.26. The highest BCUT2D eigenvalue weighted by molar-refractivity contribution is 7.99. The Balaban J connectivity index is 1.84. The number of hydrogen-bond acceptors (Lipinski definition) is 7. The van der Waals surface area contributed by atoms with Gasteiger partial charge in [-0.3, -0.25) is 9.59 Å². The number of carbonyl (C=O) groups excluding carboxylic acids is 3. The normalized spacial score (nSPS) is 10.5. The number of rotatable bonds is 10. The molecular weight excluding hydrogens is 429 g/mol. The van der Waals surface area contributed by atoms with Gasteiger partial charge in [-0.15, -0.1) is 23.1 Å². The zero-order valence-electron chi connectivity index (χ0n) is 17.1. The van der Waals surface area contributed by atoms with Gasteiger partial charge in [0.2, 0.25) is 0 Å². The van der Waals surface area contributed by atoms with Gasteiger partial charge in [0, 0.05) is 10.6 Å². The van der Waals surface area contributed by atoms with Crippen LogP contribution in [0, 0.1) is 12.7 Å². The number of ether oxygens (including phenoxy) is 2. The van der Waals surface area contributed by atoms with Crippen LogP contribution in [0.5, 0.6) is 0 Å². The molecule has 1 amide bonds. The molecule has 2 rings (SSSR count). The maximum atomic E-state index is 12.9. The Bertz CT molecular complexity index is 896. The summed E-state index contributed by atoms with van der Waals surface area (Å²) in [5, 5.41) is 3.04. The summed E-state index contributed by atoms with van der Waals surface area (Å²) in [6.07, 6.45) is 0.721. The third kappa shape index (κ3) is 6.84. The number of aryl methyl sites for hydroxylation is 1. The first-order valence-corrected chi connectivity index (χ1v) is 11.4. The third-order valence-electron chi connectivity index (χ3n) is 4.07. The molecule has 0 radical (unpaired) electrons. The van der Waals surface area contributed by atoms with E-state index in [1.54, 1.807) is 19.1 Å². The highest BCUT2D eigenvalue weighted by atomic mass is 32.2. The molecule has 6 nitrogen and oxygen atoms in total. The molecule has 0 aliphatic rings. The van der Waals surface area contributed by atoms with Crippen molar-refractivity contribution in [2.45, 2.75) is 32.9 Å². The zero-order chi connectivity index (χ0) is 22.1. The van der Waals surface area contributed by atoms with Crippen molar-refractivity contribution in [1.82, 2.24) is 0 Å². The van der Waals surface area contributed by atoms with Gasteiger partial charge in [-0.25, -0.2) is 9.18 Å². The maximum Gasteiger partial charge on any atom is 0.341 e. The maximum absolute atomic E-state index is 12.9. The summed E-state index contributed by atoms with van der Waals surface area (Å²) in [5.41, 5.74) is 2.01. The lowest BCUT2D eigenvalue weighted by molar-refractivity contribution is -0.144. The smallest absolute Gasteiger partial charge is 0.341 e. The highest BCUT2D eigenvalue weighted by Crippen LogP contribution is 2.34. The number of hydrogen-bond donors (Lipinski definition) is 1. The molecule has 0 saturated carbocycles. The van der Waals surface area contributed by atoms with Crippen molar-refractivity contribution in [2.75, 3.05) is 24.3 Å². The molecule has 0 unspecified atom stereocenters. The molecule has 0 saturated heterocycles. The largest absolute Gasteiger partial charge is 0.462 e. The summed E-state index contributed by atoms with van der Waals surface area (Å²) in [6.45, 7) is 5.28. The minimum Gasteiger partial charge on any atom is -0.462 e. The molecule has 0 fully saturated rings.